The molecule has 0 spiro atoms. The molecule has 0 amide bonds. The van der Waals surface area contributed by atoms with Gasteiger partial charge in [-0.15, -0.1) is 0 Å². The fraction of sp³-hybridized carbons (Fsp3) is 1.00. The molecule has 0 aromatic heterocycles. The van der Waals surface area contributed by atoms with Crippen LogP contribution in [0.1, 0.15) is 52.4 Å². The number of likely N-dealkylation sites (tertiary alicyclic amines) is 1. The van der Waals surface area contributed by atoms with Gasteiger partial charge in [0, 0.05) is 18.6 Å². The van der Waals surface area contributed by atoms with Gasteiger partial charge in [-0.05, 0) is 56.5 Å². The van der Waals surface area contributed by atoms with E-state index in [9.17, 15) is 0 Å². The third-order valence-electron chi connectivity index (χ3n) is 5.93. The van der Waals surface area contributed by atoms with Gasteiger partial charge in [-0.1, -0.05) is 26.7 Å². The lowest BCUT2D eigenvalue weighted by molar-refractivity contribution is 0.0681. The first kappa shape index (κ1) is 12.9. The molecule has 1 heterocycles. The van der Waals surface area contributed by atoms with Gasteiger partial charge in [-0.3, -0.25) is 4.90 Å². The van der Waals surface area contributed by atoms with Crippen LogP contribution in [0.3, 0.4) is 0 Å². The molecule has 3 rings (SSSR count). The standard InChI is InChI=1S/C16H30N2/c1-3-13-11-18(8-7-15(13)17-4-2)16-10-12-5-6-14(16)9-12/h12-17H,3-11H2,1-2H3. The smallest absolute Gasteiger partial charge is 0.0126 e. The van der Waals surface area contributed by atoms with Gasteiger partial charge in [0.15, 0.2) is 0 Å². The minimum Gasteiger partial charge on any atom is -0.314 e. The maximum atomic E-state index is 3.70. The molecule has 3 fully saturated rings. The Hall–Kier alpha value is -0.0800. The molecule has 2 aliphatic carbocycles. The molecule has 1 N–H and O–H groups in total. The molecule has 2 bridgehead atoms. The van der Waals surface area contributed by atoms with Crippen LogP contribution in [0.4, 0.5) is 0 Å². The second kappa shape index (κ2) is 5.50. The Morgan fingerprint density at radius 2 is 2.00 bits per heavy atom. The van der Waals surface area contributed by atoms with Crippen LogP contribution in [0, 0.1) is 17.8 Å². The number of fused-ring (bicyclic) bond motifs is 2. The highest BCUT2D eigenvalue weighted by atomic mass is 15.2. The highest BCUT2D eigenvalue weighted by Gasteiger charge is 2.43. The third kappa shape index (κ3) is 2.34. The Labute approximate surface area is 113 Å². The van der Waals surface area contributed by atoms with E-state index in [-0.39, 0.29) is 0 Å². The summed E-state index contributed by atoms with van der Waals surface area (Å²) in [5.41, 5.74) is 0. The van der Waals surface area contributed by atoms with Crippen molar-refractivity contribution in [3.05, 3.63) is 0 Å². The molecular formula is C16H30N2. The van der Waals surface area contributed by atoms with Crippen LogP contribution in [0.5, 0.6) is 0 Å². The number of nitrogens with zero attached hydrogens (tertiary/aromatic N) is 1. The molecule has 104 valence electrons. The lowest BCUT2D eigenvalue weighted by Gasteiger charge is -2.44. The second-order valence-corrected chi connectivity index (χ2v) is 6.86. The van der Waals surface area contributed by atoms with E-state index in [4.69, 9.17) is 0 Å². The predicted octanol–water partition coefficient (Wildman–Crippen LogP) is 2.89. The summed E-state index contributed by atoms with van der Waals surface area (Å²) in [6.07, 6.45) is 8.85. The minimum atomic E-state index is 0.787. The molecule has 2 nitrogen and oxygen atoms in total. The molecule has 3 aliphatic rings. The zero-order valence-electron chi connectivity index (χ0n) is 12.2. The van der Waals surface area contributed by atoms with E-state index in [2.05, 4.69) is 24.1 Å². The van der Waals surface area contributed by atoms with E-state index < -0.39 is 0 Å². The summed E-state index contributed by atoms with van der Waals surface area (Å²) in [6, 6.07) is 1.75. The number of hydrogen-bond acceptors (Lipinski definition) is 2. The van der Waals surface area contributed by atoms with Gasteiger partial charge in [0.25, 0.3) is 0 Å². The van der Waals surface area contributed by atoms with Crippen molar-refractivity contribution in [3.63, 3.8) is 0 Å². The lowest BCUT2D eigenvalue weighted by atomic mass is 9.86. The Balaban J connectivity index is 1.59. The summed E-state index contributed by atoms with van der Waals surface area (Å²) in [5, 5.41) is 3.70. The Morgan fingerprint density at radius 3 is 2.61 bits per heavy atom. The maximum absolute atomic E-state index is 3.70. The Morgan fingerprint density at radius 1 is 1.11 bits per heavy atom. The van der Waals surface area contributed by atoms with E-state index in [1.165, 1.54) is 45.2 Å². The van der Waals surface area contributed by atoms with Crippen LogP contribution in [0.15, 0.2) is 0 Å². The van der Waals surface area contributed by atoms with Crippen molar-refractivity contribution in [2.75, 3.05) is 19.6 Å². The van der Waals surface area contributed by atoms with Crippen molar-refractivity contribution in [2.24, 2.45) is 17.8 Å². The van der Waals surface area contributed by atoms with Crippen molar-refractivity contribution in [1.82, 2.24) is 10.2 Å². The van der Waals surface area contributed by atoms with Crippen LogP contribution in [-0.2, 0) is 0 Å². The van der Waals surface area contributed by atoms with Crippen LogP contribution >= 0.6 is 0 Å². The van der Waals surface area contributed by atoms with Crippen molar-refractivity contribution in [3.8, 4) is 0 Å². The van der Waals surface area contributed by atoms with Crippen LogP contribution in [0.25, 0.3) is 0 Å². The Kier molecular flexibility index (Phi) is 3.95. The number of hydrogen-bond donors (Lipinski definition) is 1. The first-order valence-electron chi connectivity index (χ1n) is 8.29. The normalized spacial score (nSPS) is 44.7. The van der Waals surface area contributed by atoms with Gasteiger partial charge in [0.2, 0.25) is 0 Å². The highest BCUT2D eigenvalue weighted by Crippen LogP contribution is 2.47. The Bertz CT molecular complexity index is 278. The van der Waals surface area contributed by atoms with Crippen molar-refractivity contribution in [1.29, 1.82) is 0 Å². The third-order valence-corrected chi connectivity index (χ3v) is 5.93. The monoisotopic (exact) mass is 250 g/mol. The minimum absolute atomic E-state index is 0.787. The summed E-state index contributed by atoms with van der Waals surface area (Å²) in [5.74, 6) is 3.03. The van der Waals surface area contributed by atoms with Crippen LogP contribution < -0.4 is 5.32 Å². The van der Waals surface area contributed by atoms with Gasteiger partial charge in [0.1, 0.15) is 0 Å². The fourth-order valence-corrected chi connectivity index (χ4v) is 4.96. The van der Waals surface area contributed by atoms with E-state index in [0.29, 0.717) is 0 Å². The highest BCUT2D eigenvalue weighted by molar-refractivity contribution is 4.98. The first-order valence-corrected chi connectivity index (χ1v) is 8.29. The molecular weight excluding hydrogens is 220 g/mol. The molecule has 5 atom stereocenters. The van der Waals surface area contributed by atoms with Gasteiger partial charge in [-0.2, -0.15) is 0 Å². The molecule has 18 heavy (non-hydrogen) atoms. The second-order valence-electron chi connectivity index (χ2n) is 6.86. The zero-order chi connectivity index (χ0) is 12.5. The quantitative estimate of drug-likeness (QED) is 0.825. The topological polar surface area (TPSA) is 15.3 Å². The van der Waals surface area contributed by atoms with E-state index >= 15 is 0 Å². The van der Waals surface area contributed by atoms with Gasteiger partial charge < -0.3 is 5.32 Å². The number of nitrogens with one attached hydrogen (secondary N) is 1. The fourth-order valence-electron chi connectivity index (χ4n) is 4.96. The molecule has 0 radical (unpaired) electrons. The van der Waals surface area contributed by atoms with Crippen LogP contribution in [0.2, 0.25) is 0 Å². The summed E-state index contributed by atoms with van der Waals surface area (Å²) in [6.45, 7) is 8.47. The first-order chi connectivity index (χ1) is 8.81. The van der Waals surface area contributed by atoms with Gasteiger partial charge in [-0.25, -0.2) is 0 Å². The van der Waals surface area contributed by atoms with Crippen LogP contribution in [-0.4, -0.2) is 36.6 Å². The summed E-state index contributed by atoms with van der Waals surface area (Å²) in [7, 11) is 0. The van der Waals surface area contributed by atoms with Crippen molar-refractivity contribution in [2.45, 2.75) is 64.5 Å². The summed E-state index contributed by atoms with van der Waals surface area (Å²) >= 11 is 0. The lowest BCUT2D eigenvalue weighted by Crippen LogP contribution is -2.53. The number of piperidine rings is 1. The molecule has 1 aliphatic heterocycles. The SMILES string of the molecule is CCNC1CCN(C2CC3CCC2C3)CC1CC. The van der Waals surface area contributed by atoms with E-state index in [0.717, 1.165) is 36.4 Å². The van der Waals surface area contributed by atoms with Crippen molar-refractivity contribution < 1.29 is 0 Å². The van der Waals surface area contributed by atoms with E-state index in [1.54, 1.807) is 6.42 Å². The predicted molar refractivity (Wildman–Crippen MR) is 76.7 cm³/mol. The molecule has 1 saturated heterocycles. The molecule has 0 aromatic rings. The largest absolute Gasteiger partial charge is 0.314 e. The van der Waals surface area contributed by atoms with E-state index in [1.807, 2.05) is 0 Å². The molecule has 2 heteroatoms. The average Bonchev–Trinajstić information content (AvgIpc) is 3.02. The average molecular weight is 250 g/mol. The molecule has 2 saturated carbocycles. The zero-order valence-corrected chi connectivity index (χ0v) is 12.2. The maximum Gasteiger partial charge on any atom is 0.0126 e. The summed E-state index contributed by atoms with van der Waals surface area (Å²) < 4.78 is 0. The molecule has 0 aromatic carbocycles. The van der Waals surface area contributed by atoms with Gasteiger partial charge in [0.05, 0.1) is 0 Å². The molecule has 5 unspecified atom stereocenters. The summed E-state index contributed by atoms with van der Waals surface area (Å²) in [4.78, 5) is 2.87. The van der Waals surface area contributed by atoms with Crippen molar-refractivity contribution >= 4 is 0 Å². The van der Waals surface area contributed by atoms with Gasteiger partial charge >= 0.3 is 0 Å². The number of rotatable bonds is 4.